The molecule has 8 heteroatoms. The van der Waals surface area contributed by atoms with Crippen LogP contribution in [0.4, 0.5) is 26.3 Å². The van der Waals surface area contributed by atoms with Crippen LogP contribution in [-0.4, -0.2) is 12.7 Å². The Hall–Kier alpha value is -1.70. The quantitative estimate of drug-likeness (QED) is 0.402. The first-order valence-electron chi connectivity index (χ1n) is 8.27. The van der Waals surface area contributed by atoms with Gasteiger partial charge in [0.25, 0.3) is 0 Å². The molecule has 2 nitrogen and oxygen atoms in total. The smallest absolute Gasteiger partial charge is 0.387 e. The van der Waals surface area contributed by atoms with Crippen LogP contribution in [0.25, 0.3) is 0 Å². The van der Waals surface area contributed by atoms with Gasteiger partial charge in [0.1, 0.15) is 0 Å². The number of benzene rings is 1. The zero-order chi connectivity index (χ0) is 19.3. The average Bonchev–Trinajstić information content (AvgIpc) is 2.56. The van der Waals surface area contributed by atoms with E-state index in [9.17, 15) is 26.3 Å². The van der Waals surface area contributed by atoms with Crippen molar-refractivity contribution in [2.24, 2.45) is 11.8 Å². The maximum Gasteiger partial charge on any atom is 0.387 e. The second-order valence-corrected chi connectivity index (χ2v) is 6.41. The highest BCUT2D eigenvalue weighted by atomic mass is 19.3. The van der Waals surface area contributed by atoms with E-state index in [0.29, 0.717) is 30.9 Å². The van der Waals surface area contributed by atoms with E-state index in [4.69, 9.17) is 0 Å². The van der Waals surface area contributed by atoms with Crippen molar-refractivity contribution in [3.8, 4) is 5.75 Å². The summed E-state index contributed by atoms with van der Waals surface area (Å²) in [6.45, 7) is -0.455. The summed E-state index contributed by atoms with van der Waals surface area (Å²) in [5.74, 6) is -3.92. The van der Waals surface area contributed by atoms with E-state index >= 15 is 0 Å². The van der Waals surface area contributed by atoms with Gasteiger partial charge in [-0.15, -0.1) is 6.58 Å². The number of allylic oxidation sites excluding steroid dienone is 1. The summed E-state index contributed by atoms with van der Waals surface area (Å²) in [5.41, 5.74) is -0.239. The second kappa shape index (κ2) is 8.79. The normalized spacial score (nSPS) is 21.0. The molecule has 1 saturated carbocycles. The molecule has 0 saturated heterocycles. The molecule has 1 aromatic rings. The number of hydrogen-bond donors (Lipinski definition) is 0. The molecule has 0 radical (unpaired) electrons. The Morgan fingerprint density at radius 3 is 2.19 bits per heavy atom. The van der Waals surface area contributed by atoms with E-state index in [1.54, 1.807) is 0 Å². The average molecular weight is 382 g/mol. The SMILES string of the molecule is C=C[C@H]1CC[C@H](CC(F)(F)OCc2cc(F)c(OC(F)F)c(F)c2)CC1. The summed E-state index contributed by atoms with van der Waals surface area (Å²) in [4.78, 5) is 0. The summed E-state index contributed by atoms with van der Waals surface area (Å²) in [6, 6.07) is 1.26. The minimum atomic E-state index is -3.45. The van der Waals surface area contributed by atoms with Crippen molar-refractivity contribution in [1.29, 1.82) is 0 Å². The lowest BCUT2D eigenvalue weighted by molar-refractivity contribution is -0.256. The van der Waals surface area contributed by atoms with Gasteiger partial charge in [0.2, 0.25) is 0 Å². The highest BCUT2D eigenvalue weighted by molar-refractivity contribution is 5.31. The van der Waals surface area contributed by atoms with Crippen molar-refractivity contribution < 1.29 is 35.8 Å². The number of hydrogen-bond acceptors (Lipinski definition) is 2. The molecule has 26 heavy (non-hydrogen) atoms. The van der Waals surface area contributed by atoms with E-state index in [-0.39, 0.29) is 11.5 Å². The maximum atomic E-state index is 14.0. The third kappa shape index (κ3) is 5.93. The van der Waals surface area contributed by atoms with Crippen LogP contribution in [0.3, 0.4) is 0 Å². The van der Waals surface area contributed by atoms with Crippen LogP contribution in [-0.2, 0) is 11.3 Å². The van der Waals surface area contributed by atoms with E-state index in [2.05, 4.69) is 16.1 Å². The molecule has 0 aromatic heterocycles. The van der Waals surface area contributed by atoms with Gasteiger partial charge in [-0.3, -0.25) is 0 Å². The van der Waals surface area contributed by atoms with Crippen LogP contribution >= 0.6 is 0 Å². The molecule has 0 spiro atoms. The largest absolute Gasteiger partial charge is 0.429 e. The summed E-state index contributed by atoms with van der Waals surface area (Å²) < 4.78 is 87.5. The van der Waals surface area contributed by atoms with E-state index in [1.807, 2.05) is 6.08 Å². The van der Waals surface area contributed by atoms with Crippen molar-refractivity contribution in [1.82, 2.24) is 0 Å². The standard InChI is InChI=1S/C18H20F6O2/c1-2-11-3-5-12(6-4-11)9-18(23,24)25-10-13-7-14(19)16(15(20)8-13)26-17(21)22/h2,7-8,11-12,17H,1,3-6,9-10H2/t11-,12-. The minimum Gasteiger partial charge on any atom is -0.429 e. The highest BCUT2D eigenvalue weighted by Crippen LogP contribution is 2.37. The Kier molecular flexibility index (Phi) is 6.97. The molecule has 0 N–H and O–H groups in total. The molecule has 1 aliphatic carbocycles. The van der Waals surface area contributed by atoms with Gasteiger partial charge in [-0.1, -0.05) is 6.08 Å². The molecule has 0 amide bonds. The maximum absolute atomic E-state index is 14.0. The van der Waals surface area contributed by atoms with E-state index in [1.165, 1.54) is 0 Å². The molecule has 2 rings (SSSR count). The summed E-state index contributed by atoms with van der Waals surface area (Å²) in [5, 5.41) is 0. The first-order chi connectivity index (χ1) is 12.2. The number of ether oxygens (including phenoxy) is 2. The Labute approximate surface area is 147 Å². The lowest BCUT2D eigenvalue weighted by Crippen LogP contribution is -2.27. The van der Waals surface area contributed by atoms with Gasteiger partial charge in [0.05, 0.1) is 6.61 Å². The van der Waals surface area contributed by atoms with Crippen LogP contribution in [0.15, 0.2) is 24.8 Å². The van der Waals surface area contributed by atoms with Crippen LogP contribution in [0.5, 0.6) is 5.75 Å². The Bertz CT molecular complexity index is 589. The van der Waals surface area contributed by atoms with Crippen molar-refractivity contribution in [3.63, 3.8) is 0 Å². The highest BCUT2D eigenvalue weighted by Gasteiger charge is 2.35. The molecular weight excluding hydrogens is 362 g/mol. The minimum absolute atomic E-state index is 0.198. The van der Waals surface area contributed by atoms with Crippen LogP contribution in [0.1, 0.15) is 37.7 Å². The predicted molar refractivity (Wildman–Crippen MR) is 83.0 cm³/mol. The molecule has 0 aliphatic heterocycles. The van der Waals surface area contributed by atoms with E-state index < -0.39 is 43.1 Å². The van der Waals surface area contributed by atoms with Gasteiger partial charge in [-0.05, 0) is 55.2 Å². The lowest BCUT2D eigenvalue weighted by Gasteiger charge is -2.29. The summed E-state index contributed by atoms with van der Waals surface area (Å²) in [7, 11) is 0. The molecule has 1 aliphatic rings. The zero-order valence-corrected chi connectivity index (χ0v) is 14.0. The number of rotatable bonds is 8. The van der Waals surface area contributed by atoms with Crippen molar-refractivity contribution in [2.75, 3.05) is 0 Å². The van der Waals surface area contributed by atoms with Crippen LogP contribution in [0, 0.1) is 23.5 Å². The number of alkyl halides is 4. The summed E-state index contributed by atoms with van der Waals surface area (Å²) >= 11 is 0. The lowest BCUT2D eigenvalue weighted by atomic mass is 9.80. The fraction of sp³-hybridized carbons (Fsp3) is 0.556. The molecule has 0 unspecified atom stereocenters. The van der Waals surface area contributed by atoms with Crippen LogP contribution in [0.2, 0.25) is 0 Å². The van der Waals surface area contributed by atoms with Crippen molar-refractivity contribution >= 4 is 0 Å². The molecular formula is C18H20F6O2. The van der Waals surface area contributed by atoms with Crippen molar-refractivity contribution in [2.45, 2.75) is 51.4 Å². The summed E-state index contributed by atoms with van der Waals surface area (Å²) in [6.07, 6.45) is 0.774. The third-order valence-electron chi connectivity index (χ3n) is 4.47. The van der Waals surface area contributed by atoms with E-state index in [0.717, 1.165) is 12.8 Å². The molecule has 146 valence electrons. The van der Waals surface area contributed by atoms with Gasteiger partial charge < -0.3 is 9.47 Å². The zero-order valence-electron chi connectivity index (χ0n) is 14.0. The first kappa shape index (κ1) is 20.6. The molecule has 0 atom stereocenters. The number of halogens is 6. The Balaban J connectivity index is 1.91. The van der Waals surface area contributed by atoms with Gasteiger partial charge in [-0.25, -0.2) is 8.78 Å². The van der Waals surface area contributed by atoms with Gasteiger partial charge in [0.15, 0.2) is 17.4 Å². The molecule has 1 fully saturated rings. The second-order valence-electron chi connectivity index (χ2n) is 6.41. The van der Waals surface area contributed by atoms with Crippen molar-refractivity contribution in [3.05, 3.63) is 42.0 Å². The third-order valence-corrected chi connectivity index (χ3v) is 4.47. The topological polar surface area (TPSA) is 18.5 Å². The first-order valence-corrected chi connectivity index (χ1v) is 8.27. The van der Waals surface area contributed by atoms with Gasteiger partial charge >= 0.3 is 12.7 Å². The Morgan fingerprint density at radius 1 is 1.12 bits per heavy atom. The van der Waals surface area contributed by atoms with Gasteiger partial charge in [0, 0.05) is 6.42 Å². The van der Waals surface area contributed by atoms with Gasteiger partial charge in [-0.2, -0.15) is 17.6 Å². The molecule has 0 bridgehead atoms. The molecule has 0 heterocycles. The molecule has 1 aromatic carbocycles. The van der Waals surface area contributed by atoms with Crippen LogP contribution < -0.4 is 4.74 Å². The Morgan fingerprint density at radius 2 is 1.69 bits per heavy atom. The monoisotopic (exact) mass is 382 g/mol. The predicted octanol–water partition coefficient (Wildman–Crippen LogP) is 6.06. The fourth-order valence-corrected chi connectivity index (χ4v) is 3.11. The fourth-order valence-electron chi connectivity index (χ4n) is 3.11.